The Morgan fingerprint density at radius 3 is 2.48 bits per heavy atom. The molecule has 3 rings (SSSR count). The zero-order valence-electron chi connectivity index (χ0n) is 13.2. The molecule has 0 radical (unpaired) electrons. The second kappa shape index (κ2) is 5.61. The number of nitrogens with zero attached hydrogens (tertiary/aromatic N) is 2. The predicted molar refractivity (Wildman–Crippen MR) is 87.3 cm³/mol. The minimum absolute atomic E-state index is 0.233. The summed E-state index contributed by atoms with van der Waals surface area (Å²) in [5.41, 5.74) is 4.28. The minimum atomic E-state index is 0.233. The minimum Gasteiger partial charge on any atom is -0.288 e. The van der Waals surface area contributed by atoms with Gasteiger partial charge in [0.1, 0.15) is 0 Å². The summed E-state index contributed by atoms with van der Waals surface area (Å²) in [6.07, 6.45) is 5.37. The Bertz CT molecular complexity index is 602. The standard InChI is InChI=1S/C19H24N2/c1-4-19(5-2)14-15-10-6-7-11-16(15)18(21(19)3)17-12-8-9-13-20-17/h6-13,18H,4-5,14H2,1-3H3. The van der Waals surface area contributed by atoms with Gasteiger partial charge in [0.05, 0.1) is 11.7 Å². The van der Waals surface area contributed by atoms with Gasteiger partial charge in [0.25, 0.3) is 0 Å². The van der Waals surface area contributed by atoms with E-state index in [1.54, 1.807) is 0 Å². The summed E-state index contributed by atoms with van der Waals surface area (Å²) in [6.45, 7) is 4.62. The molecule has 2 aromatic rings. The second-order valence-electron chi connectivity index (χ2n) is 6.08. The van der Waals surface area contributed by atoms with E-state index in [-0.39, 0.29) is 11.6 Å². The summed E-state index contributed by atoms with van der Waals surface area (Å²) in [5.74, 6) is 0. The van der Waals surface area contributed by atoms with E-state index >= 15 is 0 Å². The van der Waals surface area contributed by atoms with E-state index in [0.717, 1.165) is 25.0 Å². The Balaban J connectivity index is 2.16. The molecule has 0 bridgehead atoms. The molecule has 1 aliphatic heterocycles. The molecule has 21 heavy (non-hydrogen) atoms. The smallest absolute Gasteiger partial charge is 0.0781 e. The van der Waals surface area contributed by atoms with Crippen LogP contribution in [0.25, 0.3) is 0 Å². The Labute approximate surface area is 127 Å². The van der Waals surface area contributed by atoms with Gasteiger partial charge in [-0.1, -0.05) is 44.2 Å². The van der Waals surface area contributed by atoms with Crippen molar-refractivity contribution in [3.63, 3.8) is 0 Å². The molecule has 1 aromatic carbocycles. The summed E-state index contributed by atoms with van der Waals surface area (Å²) in [6, 6.07) is 15.4. The first-order valence-electron chi connectivity index (χ1n) is 7.93. The molecule has 2 nitrogen and oxygen atoms in total. The zero-order valence-corrected chi connectivity index (χ0v) is 13.2. The molecular weight excluding hydrogens is 256 g/mol. The van der Waals surface area contributed by atoms with Crippen LogP contribution in [0.15, 0.2) is 48.7 Å². The summed E-state index contributed by atoms with van der Waals surface area (Å²) in [7, 11) is 2.27. The van der Waals surface area contributed by atoms with E-state index in [9.17, 15) is 0 Å². The molecule has 110 valence electrons. The van der Waals surface area contributed by atoms with E-state index in [4.69, 9.17) is 0 Å². The monoisotopic (exact) mass is 280 g/mol. The largest absolute Gasteiger partial charge is 0.288 e. The molecule has 2 heteroatoms. The van der Waals surface area contributed by atoms with Crippen LogP contribution in [-0.2, 0) is 6.42 Å². The van der Waals surface area contributed by atoms with Gasteiger partial charge in [-0.05, 0) is 49.6 Å². The fourth-order valence-electron chi connectivity index (χ4n) is 3.82. The lowest BCUT2D eigenvalue weighted by atomic mass is 9.76. The van der Waals surface area contributed by atoms with Crippen molar-refractivity contribution in [1.29, 1.82) is 0 Å². The second-order valence-corrected chi connectivity index (χ2v) is 6.08. The van der Waals surface area contributed by atoms with Crippen LogP contribution < -0.4 is 0 Å². The Morgan fingerprint density at radius 1 is 1.10 bits per heavy atom. The molecule has 0 aliphatic carbocycles. The maximum atomic E-state index is 4.64. The summed E-state index contributed by atoms with van der Waals surface area (Å²) in [4.78, 5) is 7.20. The molecule has 1 aromatic heterocycles. The first-order valence-corrected chi connectivity index (χ1v) is 7.93. The molecule has 1 aliphatic rings. The molecule has 0 saturated heterocycles. The number of hydrogen-bond acceptors (Lipinski definition) is 2. The normalized spacial score (nSPS) is 21.0. The fourth-order valence-corrected chi connectivity index (χ4v) is 3.82. The van der Waals surface area contributed by atoms with Crippen LogP contribution in [0, 0.1) is 0 Å². The third-order valence-electron chi connectivity index (χ3n) is 5.29. The number of benzene rings is 1. The van der Waals surface area contributed by atoms with Crippen molar-refractivity contribution >= 4 is 0 Å². The molecular formula is C19H24N2. The first kappa shape index (κ1) is 14.3. The van der Waals surface area contributed by atoms with Gasteiger partial charge in [-0.3, -0.25) is 9.88 Å². The van der Waals surface area contributed by atoms with Crippen molar-refractivity contribution in [3.8, 4) is 0 Å². The fraction of sp³-hybridized carbons (Fsp3) is 0.421. The zero-order chi connectivity index (χ0) is 14.9. The average Bonchev–Trinajstić information content (AvgIpc) is 2.55. The highest BCUT2D eigenvalue weighted by atomic mass is 15.2. The maximum absolute atomic E-state index is 4.64. The summed E-state index contributed by atoms with van der Waals surface area (Å²) >= 11 is 0. The van der Waals surface area contributed by atoms with Gasteiger partial charge >= 0.3 is 0 Å². The van der Waals surface area contributed by atoms with Gasteiger partial charge in [0.2, 0.25) is 0 Å². The van der Waals surface area contributed by atoms with Crippen molar-refractivity contribution in [1.82, 2.24) is 9.88 Å². The summed E-state index contributed by atoms with van der Waals surface area (Å²) < 4.78 is 0. The number of aromatic nitrogens is 1. The van der Waals surface area contributed by atoms with Gasteiger partial charge in [-0.2, -0.15) is 0 Å². The van der Waals surface area contributed by atoms with E-state index < -0.39 is 0 Å². The SMILES string of the molecule is CCC1(CC)Cc2ccccc2C(c2ccccn2)N1C. The van der Waals surface area contributed by atoms with Crippen LogP contribution in [0.5, 0.6) is 0 Å². The highest BCUT2D eigenvalue weighted by molar-refractivity contribution is 5.39. The van der Waals surface area contributed by atoms with Crippen molar-refractivity contribution in [2.24, 2.45) is 0 Å². The first-order chi connectivity index (χ1) is 10.2. The van der Waals surface area contributed by atoms with Crippen LogP contribution >= 0.6 is 0 Å². The number of likely N-dealkylation sites (N-methyl/N-ethyl adjacent to an activating group) is 1. The van der Waals surface area contributed by atoms with E-state index in [1.807, 2.05) is 12.3 Å². The molecule has 1 unspecified atom stereocenters. The third-order valence-corrected chi connectivity index (χ3v) is 5.29. The van der Waals surface area contributed by atoms with Crippen LogP contribution in [0.2, 0.25) is 0 Å². The van der Waals surface area contributed by atoms with Gasteiger partial charge in [0.15, 0.2) is 0 Å². The molecule has 2 heterocycles. The van der Waals surface area contributed by atoms with Gasteiger partial charge in [0, 0.05) is 11.7 Å². The molecule has 0 saturated carbocycles. The third kappa shape index (κ3) is 2.28. The van der Waals surface area contributed by atoms with Crippen LogP contribution in [0.1, 0.15) is 49.6 Å². The van der Waals surface area contributed by atoms with E-state index in [0.29, 0.717) is 0 Å². The molecule has 0 fully saturated rings. The maximum Gasteiger partial charge on any atom is 0.0781 e. The highest BCUT2D eigenvalue weighted by Gasteiger charge is 2.42. The Kier molecular flexibility index (Phi) is 3.81. The van der Waals surface area contributed by atoms with Crippen LogP contribution in [0.3, 0.4) is 0 Å². The summed E-state index contributed by atoms with van der Waals surface area (Å²) in [5, 5.41) is 0. The van der Waals surface area contributed by atoms with Gasteiger partial charge < -0.3 is 0 Å². The predicted octanol–water partition coefficient (Wildman–Crippen LogP) is 4.22. The van der Waals surface area contributed by atoms with Crippen LogP contribution in [-0.4, -0.2) is 22.5 Å². The number of rotatable bonds is 3. The highest BCUT2D eigenvalue weighted by Crippen LogP contribution is 2.43. The molecule has 0 N–H and O–H groups in total. The number of pyridine rings is 1. The van der Waals surface area contributed by atoms with Crippen LogP contribution in [0.4, 0.5) is 0 Å². The lowest BCUT2D eigenvalue weighted by Gasteiger charge is -2.49. The van der Waals surface area contributed by atoms with Gasteiger partial charge in [-0.25, -0.2) is 0 Å². The Hall–Kier alpha value is -1.67. The average molecular weight is 280 g/mol. The van der Waals surface area contributed by atoms with Gasteiger partial charge in [-0.15, -0.1) is 0 Å². The van der Waals surface area contributed by atoms with Crippen molar-refractivity contribution in [2.75, 3.05) is 7.05 Å². The lowest BCUT2D eigenvalue weighted by molar-refractivity contribution is 0.0619. The topological polar surface area (TPSA) is 16.1 Å². The molecule has 0 spiro atoms. The molecule has 1 atom stereocenters. The quantitative estimate of drug-likeness (QED) is 0.837. The lowest BCUT2D eigenvalue weighted by Crippen LogP contribution is -2.52. The molecule has 0 amide bonds. The van der Waals surface area contributed by atoms with Crippen molar-refractivity contribution in [2.45, 2.75) is 44.7 Å². The Morgan fingerprint density at radius 2 is 1.81 bits per heavy atom. The van der Waals surface area contributed by atoms with E-state index in [1.165, 1.54) is 11.1 Å². The number of hydrogen-bond donors (Lipinski definition) is 0. The number of fused-ring (bicyclic) bond motifs is 1. The van der Waals surface area contributed by atoms with E-state index in [2.05, 4.69) is 67.2 Å². The van der Waals surface area contributed by atoms with Crippen molar-refractivity contribution < 1.29 is 0 Å². The van der Waals surface area contributed by atoms with Crippen molar-refractivity contribution in [3.05, 3.63) is 65.5 Å².